The van der Waals surface area contributed by atoms with Crippen LogP contribution in [-0.4, -0.2) is 9.91 Å². The van der Waals surface area contributed by atoms with E-state index in [1.165, 1.54) is 10.4 Å². The Morgan fingerprint density at radius 1 is 1.18 bits per heavy atom. The lowest BCUT2D eigenvalue weighted by Crippen LogP contribution is -2.34. The lowest BCUT2D eigenvalue weighted by molar-refractivity contribution is 0.426. The number of rotatable bonds is 3. The van der Waals surface area contributed by atoms with Gasteiger partial charge in [-0.25, -0.2) is 0 Å². The van der Waals surface area contributed by atoms with Crippen LogP contribution in [0.15, 0.2) is 36.4 Å². The standard InChI is InChI=1S/C14H18N2S/c1-14(2,3)15-10-12-9-13(16-17-12)11-7-5-4-6-8-11/h4-9,15H,10H2,1-3H3. The molecule has 0 aliphatic carbocycles. The molecule has 1 N–H and O–H groups in total. The van der Waals surface area contributed by atoms with Crippen molar-refractivity contribution >= 4 is 11.5 Å². The van der Waals surface area contributed by atoms with Gasteiger partial charge in [0.1, 0.15) is 0 Å². The normalized spacial score (nSPS) is 11.7. The van der Waals surface area contributed by atoms with Crippen molar-refractivity contribution in [3.8, 4) is 11.3 Å². The molecule has 0 unspecified atom stereocenters. The first kappa shape index (κ1) is 12.3. The number of nitrogens with one attached hydrogen (secondary N) is 1. The Morgan fingerprint density at radius 2 is 1.88 bits per heavy atom. The van der Waals surface area contributed by atoms with E-state index in [1.54, 1.807) is 11.5 Å². The molecule has 1 heterocycles. The third-order valence-corrected chi connectivity index (χ3v) is 3.21. The first-order chi connectivity index (χ1) is 8.04. The largest absolute Gasteiger partial charge is 0.307 e. The molecule has 90 valence electrons. The van der Waals surface area contributed by atoms with Crippen molar-refractivity contribution in [2.45, 2.75) is 32.9 Å². The van der Waals surface area contributed by atoms with E-state index in [1.807, 2.05) is 18.2 Å². The Morgan fingerprint density at radius 3 is 2.53 bits per heavy atom. The monoisotopic (exact) mass is 246 g/mol. The molecule has 17 heavy (non-hydrogen) atoms. The summed E-state index contributed by atoms with van der Waals surface area (Å²) in [6, 6.07) is 12.5. The van der Waals surface area contributed by atoms with Crippen LogP contribution in [-0.2, 0) is 6.54 Å². The molecule has 0 aliphatic heterocycles. The summed E-state index contributed by atoms with van der Waals surface area (Å²) >= 11 is 1.57. The Labute approximate surface area is 107 Å². The van der Waals surface area contributed by atoms with Crippen molar-refractivity contribution < 1.29 is 0 Å². The number of nitrogens with zero attached hydrogens (tertiary/aromatic N) is 1. The molecule has 0 aliphatic rings. The van der Waals surface area contributed by atoms with E-state index in [4.69, 9.17) is 0 Å². The first-order valence-corrected chi connectivity index (χ1v) is 6.58. The van der Waals surface area contributed by atoms with Crippen LogP contribution in [0.3, 0.4) is 0 Å². The van der Waals surface area contributed by atoms with Gasteiger partial charge in [0.2, 0.25) is 0 Å². The molecule has 2 rings (SSSR count). The van der Waals surface area contributed by atoms with Crippen LogP contribution in [0, 0.1) is 0 Å². The number of hydrogen-bond donors (Lipinski definition) is 1. The fourth-order valence-corrected chi connectivity index (χ4v) is 2.17. The van der Waals surface area contributed by atoms with E-state index >= 15 is 0 Å². The van der Waals surface area contributed by atoms with Gasteiger partial charge >= 0.3 is 0 Å². The molecular formula is C14H18N2S. The molecule has 0 saturated carbocycles. The fourth-order valence-electron chi connectivity index (χ4n) is 1.49. The highest BCUT2D eigenvalue weighted by Crippen LogP contribution is 2.21. The fraction of sp³-hybridized carbons (Fsp3) is 0.357. The lowest BCUT2D eigenvalue weighted by atomic mass is 10.1. The minimum atomic E-state index is 0.150. The van der Waals surface area contributed by atoms with E-state index in [2.05, 4.69) is 48.7 Å². The SMILES string of the molecule is CC(C)(C)NCc1cc(-c2ccccc2)ns1. The highest BCUT2D eigenvalue weighted by Gasteiger charge is 2.10. The van der Waals surface area contributed by atoms with Gasteiger partial charge in [0.25, 0.3) is 0 Å². The summed E-state index contributed by atoms with van der Waals surface area (Å²) < 4.78 is 4.49. The maximum Gasteiger partial charge on any atom is 0.0844 e. The highest BCUT2D eigenvalue weighted by molar-refractivity contribution is 7.06. The molecule has 0 atom stereocenters. The van der Waals surface area contributed by atoms with Crippen molar-refractivity contribution in [3.63, 3.8) is 0 Å². The zero-order valence-electron chi connectivity index (χ0n) is 10.5. The predicted molar refractivity (Wildman–Crippen MR) is 74.1 cm³/mol. The Bertz CT molecular complexity index is 468. The Balaban J connectivity index is 2.07. The van der Waals surface area contributed by atoms with Crippen LogP contribution < -0.4 is 5.32 Å². The van der Waals surface area contributed by atoms with Gasteiger partial charge in [0, 0.05) is 22.5 Å². The van der Waals surface area contributed by atoms with E-state index in [9.17, 15) is 0 Å². The summed E-state index contributed by atoms with van der Waals surface area (Å²) in [5.41, 5.74) is 2.41. The predicted octanol–water partition coefficient (Wildman–Crippen LogP) is 3.70. The molecule has 2 nitrogen and oxygen atoms in total. The molecule has 1 aromatic heterocycles. The molecule has 2 aromatic rings. The molecule has 1 aromatic carbocycles. The third kappa shape index (κ3) is 3.65. The van der Waals surface area contributed by atoms with Crippen molar-refractivity contribution in [2.24, 2.45) is 0 Å². The van der Waals surface area contributed by atoms with Crippen molar-refractivity contribution in [1.82, 2.24) is 9.69 Å². The van der Waals surface area contributed by atoms with E-state index < -0.39 is 0 Å². The second kappa shape index (κ2) is 4.98. The Hall–Kier alpha value is -1.19. The quantitative estimate of drug-likeness (QED) is 0.893. The maximum absolute atomic E-state index is 4.49. The van der Waals surface area contributed by atoms with E-state index in [0.717, 1.165) is 12.2 Å². The molecule has 0 bridgehead atoms. The van der Waals surface area contributed by atoms with E-state index in [0.29, 0.717) is 0 Å². The van der Waals surface area contributed by atoms with Gasteiger partial charge in [0.05, 0.1) is 5.69 Å². The van der Waals surface area contributed by atoms with Crippen LogP contribution in [0.5, 0.6) is 0 Å². The average Bonchev–Trinajstić information content (AvgIpc) is 2.75. The molecule has 0 amide bonds. The second-order valence-corrected chi connectivity index (χ2v) is 6.04. The zero-order chi connectivity index (χ0) is 12.3. The average molecular weight is 246 g/mol. The third-order valence-electron chi connectivity index (χ3n) is 2.42. The number of benzene rings is 1. The summed E-state index contributed by atoms with van der Waals surface area (Å²) in [7, 11) is 0. The van der Waals surface area contributed by atoms with Crippen LogP contribution in [0.2, 0.25) is 0 Å². The summed E-state index contributed by atoms with van der Waals surface area (Å²) in [5.74, 6) is 0. The van der Waals surface area contributed by atoms with Crippen molar-refractivity contribution in [3.05, 3.63) is 41.3 Å². The van der Waals surface area contributed by atoms with Gasteiger partial charge < -0.3 is 5.32 Å². The number of hydrogen-bond acceptors (Lipinski definition) is 3. The summed E-state index contributed by atoms with van der Waals surface area (Å²) in [6.45, 7) is 7.40. The molecular weight excluding hydrogens is 228 g/mol. The van der Waals surface area contributed by atoms with Gasteiger partial charge in [-0.05, 0) is 38.4 Å². The van der Waals surface area contributed by atoms with Crippen LogP contribution >= 0.6 is 11.5 Å². The molecule has 3 heteroatoms. The van der Waals surface area contributed by atoms with Gasteiger partial charge in [0.15, 0.2) is 0 Å². The highest BCUT2D eigenvalue weighted by atomic mass is 32.1. The zero-order valence-corrected chi connectivity index (χ0v) is 11.3. The minimum Gasteiger partial charge on any atom is -0.307 e. The van der Waals surface area contributed by atoms with E-state index in [-0.39, 0.29) is 5.54 Å². The summed E-state index contributed by atoms with van der Waals surface area (Å²) in [5, 5.41) is 3.47. The van der Waals surface area contributed by atoms with Crippen LogP contribution in [0.1, 0.15) is 25.6 Å². The smallest absolute Gasteiger partial charge is 0.0844 e. The molecule has 0 saturated heterocycles. The van der Waals surface area contributed by atoms with Gasteiger partial charge in [-0.3, -0.25) is 0 Å². The lowest BCUT2D eigenvalue weighted by Gasteiger charge is -2.19. The summed E-state index contributed by atoms with van der Waals surface area (Å²) in [6.07, 6.45) is 0. The maximum atomic E-state index is 4.49. The van der Waals surface area contributed by atoms with Gasteiger partial charge in [-0.2, -0.15) is 4.37 Å². The van der Waals surface area contributed by atoms with Crippen LogP contribution in [0.25, 0.3) is 11.3 Å². The first-order valence-electron chi connectivity index (χ1n) is 5.81. The number of aromatic nitrogens is 1. The molecule has 0 fully saturated rings. The van der Waals surface area contributed by atoms with Crippen molar-refractivity contribution in [1.29, 1.82) is 0 Å². The van der Waals surface area contributed by atoms with Crippen LogP contribution in [0.4, 0.5) is 0 Å². The molecule has 0 spiro atoms. The van der Waals surface area contributed by atoms with Gasteiger partial charge in [-0.15, -0.1) is 0 Å². The van der Waals surface area contributed by atoms with Gasteiger partial charge in [-0.1, -0.05) is 30.3 Å². The summed E-state index contributed by atoms with van der Waals surface area (Å²) in [4.78, 5) is 1.28. The topological polar surface area (TPSA) is 24.9 Å². The van der Waals surface area contributed by atoms with Crippen molar-refractivity contribution in [2.75, 3.05) is 0 Å². The minimum absolute atomic E-state index is 0.150. The Kier molecular flexibility index (Phi) is 3.60. The second-order valence-electron chi connectivity index (χ2n) is 5.15. The molecule has 0 radical (unpaired) electrons.